The minimum atomic E-state index is -0.612. The molecule has 2 N–H and O–H groups in total. The molecule has 0 aliphatic carbocycles. The van der Waals surface area contributed by atoms with E-state index in [0.29, 0.717) is 11.4 Å². The summed E-state index contributed by atoms with van der Waals surface area (Å²) < 4.78 is 11.5. The average molecular weight is 370 g/mol. The Bertz CT molecular complexity index is 1010. The van der Waals surface area contributed by atoms with Crippen LogP contribution in [0.2, 0.25) is 0 Å². The van der Waals surface area contributed by atoms with E-state index < -0.39 is 11.5 Å². The molecule has 0 radical (unpaired) electrons. The van der Waals surface area contributed by atoms with Gasteiger partial charge in [0.05, 0.1) is 25.5 Å². The van der Waals surface area contributed by atoms with E-state index in [9.17, 15) is 14.4 Å². The molecular weight excluding hydrogens is 352 g/mol. The molecule has 0 fully saturated rings. The highest BCUT2D eigenvalue weighted by Gasteiger charge is 2.22. The van der Waals surface area contributed by atoms with Crippen molar-refractivity contribution in [2.75, 3.05) is 19.5 Å². The van der Waals surface area contributed by atoms with Gasteiger partial charge < -0.3 is 19.4 Å². The van der Waals surface area contributed by atoms with Crippen molar-refractivity contribution in [1.29, 1.82) is 0 Å². The van der Waals surface area contributed by atoms with Gasteiger partial charge in [-0.25, -0.2) is 9.89 Å². The van der Waals surface area contributed by atoms with Crippen LogP contribution in [0.5, 0.6) is 5.75 Å². The standard InChI is InChI=1S/C18H18N4O5/c1-26-14-6-4-3-5-13(14)19-15(23)7-8-22-9-11-16(20-21-17(11)24)12(10-22)18(25)27-2/h3-6,9-10H,7-8H2,1-2H3,(H,19,23)(H,21,24). The van der Waals surface area contributed by atoms with Crippen LogP contribution in [0.4, 0.5) is 5.69 Å². The number of amides is 1. The van der Waals surface area contributed by atoms with Crippen LogP contribution in [0, 0.1) is 0 Å². The Morgan fingerprint density at radius 3 is 2.74 bits per heavy atom. The number of esters is 1. The van der Waals surface area contributed by atoms with Gasteiger partial charge in [0, 0.05) is 25.4 Å². The van der Waals surface area contributed by atoms with E-state index in [-0.39, 0.29) is 35.7 Å². The minimum Gasteiger partial charge on any atom is -0.495 e. The Morgan fingerprint density at radius 1 is 1.22 bits per heavy atom. The molecule has 27 heavy (non-hydrogen) atoms. The number of rotatable bonds is 6. The first kappa shape index (κ1) is 18.2. The third-order valence-corrected chi connectivity index (χ3v) is 4.00. The molecule has 0 bridgehead atoms. The maximum Gasteiger partial charge on any atom is 0.341 e. The molecule has 0 atom stereocenters. The monoisotopic (exact) mass is 370 g/mol. The van der Waals surface area contributed by atoms with Crippen molar-refractivity contribution in [3.63, 3.8) is 0 Å². The van der Waals surface area contributed by atoms with Gasteiger partial charge in [-0.1, -0.05) is 12.1 Å². The first-order chi connectivity index (χ1) is 13.0. The molecular formula is C18H18N4O5. The van der Waals surface area contributed by atoms with Crippen LogP contribution in [0.3, 0.4) is 0 Å². The quantitative estimate of drug-likeness (QED) is 0.636. The number of aromatic amines is 1. The van der Waals surface area contributed by atoms with E-state index >= 15 is 0 Å². The fourth-order valence-electron chi connectivity index (χ4n) is 2.67. The summed E-state index contributed by atoms with van der Waals surface area (Å²) in [5.74, 6) is -0.289. The van der Waals surface area contributed by atoms with Crippen LogP contribution in [0.15, 0.2) is 41.5 Å². The topological polar surface area (TPSA) is 115 Å². The molecule has 2 heterocycles. The van der Waals surface area contributed by atoms with Crippen LogP contribution in [0.25, 0.3) is 11.3 Å². The minimum absolute atomic E-state index is 0.126. The number of ether oxygens (including phenoxy) is 2. The summed E-state index contributed by atoms with van der Waals surface area (Å²) in [6, 6.07) is 7.08. The second-order valence-electron chi connectivity index (χ2n) is 5.71. The van der Waals surface area contributed by atoms with Gasteiger partial charge in [0.2, 0.25) is 5.91 Å². The second-order valence-corrected chi connectivity index (χ2v) is 5.71. The van der Waals surface area contributed by atoms with E-state index in [2.05, 4.69) is 15.5 Å². The number of benzene rings is 1. The molecule has 0 saturated heterocycles. The summed E-state index contributed by atoms with van der Waals surface area (Å²) >= 11 is 0. The summed E-state index contributed by atoms with van der Waals surface area (Å²) in [5, 5.41) is 8.94. The van der Waals surface area contributed by atoms with Crippen molar-refractivity contribution in [2.24, 2.45) is 0 Å². The molecule has 1 amide bonds. The van der Waals surface area contributed by atoms with Crippen molar-refractivity contribution in [2.45, 2.75) is 13.0 Å². The first-order valence-corrected chi connectivity index (χ1v) is 8.13. The van der Waals surface area contributed by atoms with Gasteiger partial charge in [-0.15, -0.1) is 0 Å². The Hall–Kier alpha value is -3.62. The zero-order valence-corrected chi connectivity index (χ0v) is 14.8. The molecule has 2 aliphatic heterocycles. The molecule has 9 nitrogen and oxygen atoms in total. The van der Waals surface area contributed by atoms with Gasteiger partial charge in [0.15, 0.2) is 0 Å². The first-order valence-electron chi connectivity index (χ1n) is 8.13. The number of carbonyl (C=O) groups is 2. The number of aryl methyl sites for hydroxylation is 1. The molecule has 0 aromatic heterocycles. The summed E-state index contributed by atoms with van der Waals surface area (Å²) in [4.78, 5) is 36.1. The van der Waals surface area contributed by atoms with E-state index in [1.54, 1.807) is 35.0 Å². The Morgan fingerprint density at radius 2 is 2.00 bits per heavy atom. The van der Waals surface area contributed by atoms with Crippen molar-refractivity contribution >= 4 is 17.6 Å². The number of methoxy groups -OCH3 is 2. The van der Waals surface area contributed by atoms with Gasteiger partial charge in [-0.3, -0.25) is 9.59 Å². The molecule has 0 spiro atoms. The molecule has 9 heteroatoms. The molecule has 1 aromatic rings. The van der Waals surface area contributed by atoms with Gasteiger partial charge >= 0.3 is 5.97 Å². The molecule has 2 aliphatic rings. The van der Waals surface area contributed by atoms with Crippen LogP contribution in [-0.2, 0) is 16.1 Å². The van der Waals surface area contributed by atoms with Crippen molar-refractivity contribution in [1.82, 2.24) is 14.8 Å². The summed E-state index contributed by atoms with van der Waals surface area (Å²) in [5.41, 5.74) is 0.795. The SMILES string of the molecule is COC(=O)c1cn(CCC(=O)Nc2ccccc2OC)cc2c(=O)[nH]nc1-2. The number of fused-ring (bicyclic) bond motifs is 1. The largest absolute Gasteiger partial charge is 0.495 e. The number of carbonyl (C=O) groups excluding carboxylic acids is 2. The van der Waals surface area contributed by atoms with E-state index in [1.807, 2.05) is 0 Å². The van der Waals surface area contributed by atoms with Crippen LogP contribution >= 0.6 is 0 Å². The van der Waals surface area contributed by atoms with Crippen molar-refractivity contribution < 1.29 is 19.1 Å². The van der Waals surface area contributed by atoms with E-state index in [1.165, 1.54) is 20.4 Å². The zero-order valence-electron chi connectivity index (χ0n) is 14.8. The second kappa shape index (κ2) is 7.73. The lowest BCUT2D eigenvalue weighted by Crippen LogP contribution is -2.17. The number of hydrogen-bond acceptors (Lipinski definition) is 6. The highest BCUT2D eigenvalue weighted by atomic mass is 16.5. The number of hydrogen-bond donors (Lipinski definition) is 2. The third kappa shape index (κ3) is 3.81. The Balaban J connectivity index is 1.77. The lowest BCUT2D eigenvalue weighted by molar-refractivity contribution is -0.116. The average Bonchev–Trinajstić information content (AvgIpc) is 3.06. The number of aromatic nitrogens is 3. The predicted octanol–water partition coefficient (Wildman–Crippen LogP) is 1.50. The molecule has 0 unspecified atom stereocenters. The fraction of sp³-hybridized carbons (Fsp3) is 0.222. The van der Waals surface area contributed by atoms with Crippen LogP contribution in [0.1, 0.15) is 16.8 Å². The fourth-order valence-corrected chi connectivity index (χ4v) is 2.67. The summed E-state index contributed by atoms with van der Waals surface area (Å²) in [6.45, 7) is 0.255. The number of anilines is 1. The van der Waals surface area contributed by atoms with E-state index in [0.717, 1.165) is 0 Å². The summed E-state index contributed by atoms with van der Waals surface area (Å²) in [6.07, 6.45) is 3.18. The lowest BCUT2D eigenvalue weighted by Gasteiger charge is -2.13. The van der Waals surface area contributed by atoms with Crippen molar-refractivity contribution in [3.8, 4) is 17.0 Å². The number of nitrogens with one attached hydrogen (secondary N) is 2. The third-order valence-electron chi connectivity index (χ3n) is 4.00. The number of para-hydroxylation sites is 2. The van der Waals surface area contributed by atoms with Gasteiger partial charge in [0.25, 0.3) is 5.56 Å². The highest BCUT2D eigenvalue weighted by molar-refractivity contribution is 5.96. The number of pyridine rings is 1. The lowest BCUT2D eigenvalue weighted by atomic mass is 10.1. The normalized spacial score (nSPS) is 10.6. The Labute approximate surface area is 154 Å². The predicted molar refractivity (Wildman–Crippen MR) is 97.0 cm³/mol. The maximum absolute atomic E-state index is 12.3. The number of H-pyrrole nitrogens is 1. The molecule has 140 valence electrons. The summed E-state index contributed by atoms with van der Waals surface area (Å²) in [7, 11) is 2.77. The molecule has 1 aromatic carbocycles. The zero-order chi connectivity index (χ0) is 19.4. The Kier molecular flexibility index (Phi) is 5.20. The number of nitrogens with zero attached hydrogens (tertiary/aromatic N) is 2. The van der Waals surface area contributed by atoms with E-state index in [4.69, 9.17) is 9.47 Å². The van der Waals surface area contributed by atoms with Gasteiger partial charge in [-0.05, 0) is 12.1 Å². The maximum atomic E-state index is 12.3. The molecule has 3 rings (SSSR count). The van der Waals surface area contributed by atoms with Crippen LogP contribution in [-0.4, -0.2) is 40.9 Å². The molecule has 0 saturated carbocycles. The highest BCUT2D eigenvalue weighted by Crippen LogP contribution is 2.23. The van der Waals surface area contributed by atoms with Crippen LogP contribution < -0.4 is 15.6 Å². The van der Waals surface area contributed by atoms with Gasteiger partial charge in [-0.2, -0.15) is 5.10 Å². The van der Waals surface area contributed by atoms with Crippen molar-refractivity contribution in [3.05, 3.63) is 52.6 Å². The smallest absolute Gasteiger partial charge is 0.341 e. The van der Waals surface area contributed by atoms with Gasteiger partial charge in [0.1, 0.15) is 17.0 Å².